The van der Waals surface area contributed by atoms with Gasteiger partial charge < -0.3 is 4.32 Å². The summed E-state index contributed by atoms with van der Waals surface area (Å²) < 4.78 is 41.0. The van der Waals surface area contributed by atoms with Gasteiger partial charge in [0, 0.05) is 0 Å². The number of unbranched alkanes of at least 4 members (excludes halogenated alkanes) is 3. The van der Waals surface area contributed by atoms with Gasteiger partial charge in [-0.25, -0.2) is 0 Å². The summed E-state index contributed by atoms with van der Waals surface area (Å²) in [7, 11) is 0. The maximum absolute atomic E-state index is 14.9. The summed E-state index contributed by atoms with van der Waals surface area (Å²) in [6, 6.07) is 0. The Labute approximate surface area is 128 Å². The van der Waals surface area contributed by atoms with Crippen LogP contribution in [0.1, 0.15) is 65.7 Å². The molecule has 19 heavy (non-hydrogen) atoms. The molecule has 0 aromatic heterocycles. The van der Waals surface area contributed by atoms with Crippen LogP contribution in [-0.2, 0) is 0 Å². The van der Waals surface area contributed by atoms with E-state index in [1.54, 1.807) is 0 Å². The van der Waals surface area contributed by atoms with Gasteiger partial charge in [0.25, 0.3) is 0 Å². The molecule has 0 aromatic carbocycles. The van der Waals surface area contributed by atoms with Crippen LogP contribution in [0.2, 0.25) is 12.6 Å². The standard InChI is InChI=1S/C14H27BF3.Li/c1-4-7-10-13(14(16)17)15(18,11-8-5-2)12-9-6-3;/h4-12H2,1-3H3;/q-1;+1. The summed E-state index contributed by atoms with van der Waals surface area (Å²) in [5.41, 5.74) is -0.168. The Kier molecular flexibility index (Phi) is 13.5. The first-order valence-corrected chi connectivity index (χ1v) is 7.43. The molecule has 5 heteroatoms. The van der Waals surface area contributed by atoms with Gasteiger partial charge in [0.15, 0.2) is 6.42 Å². The summed E-state index contributed by atoms with van der Waals surface area (Å²) in [5.74, 6) is 0. The Morgan fingerprint density at radius 3 is 1.58 bits per heavy atom. The molecule has 0 saturated heterocycles. The molecule has 0 saturated carbocycles. The van der Waals surface area contributed by atoms with E-state index in [2.05, 4.69) is 0 Å². The van der Waals surface area contributed by atoms with Gasteiger partial charge >= 0.3 is 18.9 Å². The summed E-state index contributed by atoms with van der Waals surface area (Å²) in [6.45, 7) is 5.88. The molecule has 0 radical (unpaired) electrons. The number of allylic oxidation sites excluding steroid dienone is 1. The molecular formula is C14H27BF3Li. The molecule has 0 heterocycles. The first-order valence-electron chi connectivity index (χ1n) is 7.43. The zero-order valence-electron chi connectivity index (χ0n) is 13.1. The SMILES string of the molecule is CCCCC(=C(F)F)[B-](F)(CCCC)CCCC.[Li+]. The van der Waals surface area contributed by atoms with Gasteiger partial charge in [-0.15, -0.1) is 18.1 Å². The van der Waals surface area contributed by atoms with Crippen molar-refractivity contribution in [2.45, 2.75) is 78.4 Å². The normalized spacial score (nSPS) is 11.1. The summed E-state index contributed by atoms with van der Waals surface area (Å²) in [4.78, 5) is 0. The van der Waals surface area contributed by atoms with E-state index in [0.29, 0.717) is 31.9 Å². The second-order valence-electron chi connectivity index (χ2n) is 5.29. The maximum Gasteiger partial charge on any atom is 1.00 e. The van der Waals surface area contributed by atoms with Crippen molar-refractivity contribution in [2.75, 3.05) is 0 Å². The Morgan fingerprint density at radius 2 is 1.26 bits per heavy atom. The molecule has 0 aliphatic carbocycles. The zero-order valence-corrected chi connectivity index (χ0v) is 13.1. The molecule has 0 atom stereocenters. The minimum atomic E-state index is -2.50. The number of hydrogen-bond donors (Lipinski definition) is 0. The van der Waals surface area contributed by atoms with Gasteiger partial charge in [0.2, 0.25) is 6.08 Å². The molecule has 0 N–H and O–H groups in total. The third-order valence-electron chi connectivity index (χ3n) is 3.70. The smallest absolute Gasteiger partial charge is 0.511 e. The van der Waals surface area contributed by atoms with Crippen molar-refractivity contribution in [3.63, 3.8) is 0 Å². The first kappa shape index (κ1) is 21.5. The molecular weight excluding hydrogens is 243 g/mol. The number of hydrogen-bond acceptors (Lipinski definition) is 0. The molecule has 0 spiro atoms. The topological polar surface area (TPSA) is 0 Å². The maximum atomic E-state index is 14.9. The number of halogens is 3. The van der Waals surface area contributed by atoms with E-state index in [1.165, 1.54) is 0 Å². The van der Waals surface area contributed by atoms with Gasteiger partial charge in [0.1, 0.15) is 0 Å². The Hall–Kier alpha value is 0.192. The second-order valence-corrected chi connectivity index (χ2v) is 5.29. The zero-order chi connectivity index (χ0) is 14.0. The third kappa shape index (κ3) is 8.15. The van der Waals surface area contributed by atoms with Crippen LogP contribution in [0.4, 0.5) is 13.1 Å². The van der Waals surface area contributed by atoms with Crippen molar-refractivity contribution < 1.29 is 32.0 Å². The minimum absolute atomic E-state index is 0. The molecule has 0 rings (SSSR count). The van der Waals surface area contributed by atoms with E-state index in [0.717, 1.165) is 19.3 Å². The van der Waals surface area contributed by atoms with Gasteiger partial charge in [-0.05, 0) is 0 Å². The molecule has 0 unspecified atom stereocenters. The van der Waals surface area contributed by atoms with E-state index >= 15 is 0 Å². The second kappa shape index (κ2) is 12.0. The molecule has 108 valence electrons. The van der Waals surface area contributed by atoms with E-state index in [9.17, 15) is 13.1 Å². The van der Waals surface area contributed by atoms with E-state index in [-0.39, 0.29) is 30.8 Å². The quantitative estimate of drug-likeness (QED) is 0.534. The Morgan fingerprint density at radius 1 is 0.842 bits per heavy atom. The first-order chi connectivity index (χ1) is 8.51. The van der Waals surface area contributed by atoms with Gasteiger partial charge in [-0.2, -0.15) is 8.78 Å². The Bertz CT molecular complexity index is 245. The molecule has 0 amide bonds. The Balaban J connectivity index is 0. The predicted molar refractivity (Wildman–Crippen MR) is 75.1 cm³/mol. The van der Waals surface area contributed by atoms with E-state index in [1.807, 2.05) is 20.8 Å². The van der Waals surface area contributed by atoms with Crippen LogP contribution in [0.5, 0.6) is 0 Å². The van der Waals surface area contributed by atoms with Crippen molar-refractivity contribution in [3.05, 3.63) is 11.6 Å². The number of rotatable bonds is 10. The fourth-order valence-electron chi connectivity index (χ4n) is 2.46. The third-order valence-corrected chi connectivity index (χ3v) is 3.70. The molecule has 0 aromatic rings. The summed E-state index contributed by atoms with van der Waals surface area (Å²) >= 11 is 0. The average molecular weight is 270 g/mol. The molecule has 0 aliphatic rings. The van der Waals surface area contributed by atoms with Crippen molar-refractivity contribution in [1.82, 2.24) is 0 Å². The fourth-order valence-corrected chi connectivity index (χ4v) is 2.46. The van der Waals surface area contributed by atoms with Gasteiger partial charge in [0.05, 0.1) is 0 Å². The minimum Gasteiger partial charge on any atom is -0.511 e. The van der Waals surface area contributed by atoms with Crippen LogP contribution in [0, 0.1) is 0 Å². The van der Waals surface area contributed by atoms with Crippen molar-refractivity contribution >= 4 is 6.42 Å². The monoisotopic (exact) mass is 270 g/mol. The van der Waals surface area contributed by atoms with Crippen LogP contribution >= 0.6 is 0 Å². The molecule has 0 bridgehead atoms. The van der Waals surface area contributed by atoms with Gasteiger partial charge in [-0.1, -0.05) is 65.7 Å². The van der Waals surface area contributed by atoms with E-state index in [4.69, 9.17) is 0 Å². The molecule has 0 nitrogen and oxygen atoms in total. The largest absolute Gasteiger partial charge is 1.00 e. The van der Waals surface area contributed by atoms with Crippen LogP contribution in [0.3, 0.4) is 0 Å². The summed E-state index contributed by atoms with van der Waals surface area (Å²) in [5, 5.41) is 0. The molecule has 0 fully saturated rings. The van der Waals surface area contributed by atoms with Crippen molar-refractivity contribution in [2.24, 2.45) is 0 Å². The van der Waals surface area contributed by atoms with Crippen LogP contribution < -0.4 is 18.9 Å². The summed E-state index contributed by atoms with van der Waals surface area (Å²) in [6.07, 6.45) is 1.13. The average Bonchev–Trinajstić information content (AvgIpc) is 2.34. The van der Waals surface area contributed by atoms with Crippen LogP contribution in [0.15, 0.2) is 11.6 Å². The van der Waals surface area contributed by atoms with Crippen molar-refractivity contribution in [1.29, 1.82) is 0 Å². The van der Waals surface area contributed by atoms with E-state index < -0.39 is 12.5 Å². The van der Waals surface area contributed by atoms with Gasteiger partial charge in [-0.3, -0.25) is 0 Å². The van der Waals surface area contributed by atoms with Crippen molar-refractivity contribution in [3.8, 4) is 0 Å². The fraction of sp³-hybridized carbons (Fsp3) is 0.857. The van der Waals surface area contributed by atoms with Crippen LogP contribution in [0.25, 0.3) is 0 Å². The van der Waals surface area contributed by atoms with Crippen LogP contribution in [-0.4, -0.2) is 6.42 Å². The predicted octanol–water partition coefficient (Wildman–Crippen LogP) is 3.39. The molecule has 0 aliphatic heterocycles.